The zero-order valence-electron chi connectivity index (χ0n) is 11.5. The predicted molar refractivity (Wildman–Crippen MR) is 72.8 cm³/mol. The fraction of sp³-hybridized carbons (Fsp3) is 0.818. The van der Waals surface area contributed by atoms with Crippen molar-refractivity contribution in [2.75, 3.05) is 25.9 Å². The van der Waals surface area contributed by atoms with E-state index in [0.29, 0.717) is 13.0 Å². The molecule has 0 aliphatic carbocycles. The molecule has 116 valence electrons. The summed E-state index contributed by atoms with van der Waals surface area (Å²) in [5.74, 6) is -1.26. The lowest BCUT2D eigenvalue weighted by molar-refractivity contribution is -0.142. The van der Waals surface area contributed by atoms with Crippen LogP contribution >= 0.6 is 0 Å². The van der Waals surface area contributed by atoms with Gasteiger partial charge in [-0.1, -0.05) is 12.8 Å². The molecule has 0 bridgehead atoms. The monoisotopic (exact) mass is 307 g/mol. The van der Waals surface area contributed by atoms with E-state index in [1.54, 1.807) is 0 Å². The van der Waals surface area contributed by atoms with Crippen molar-refractivity contribution in [2.45, 2.75) is 31.7 Å². The fourth-order valence-electron chi connectivity index (χ4n) is 2.10. The third kappa shape index (κ3) is 4.97. The van der Waals surface area contributed by atoms with Crippen LogP contribution in [0.25, 0.3) is 0 Å². The molecule has 1 unspecified atom stereocenters. The summed E-state index contributed by atoms with van der Waals surface area (Å²) in [4.78, 5) is 24.4. The summed E-state index contributed by atoms with van der Waals surface area (Å²) in [6, 6.07) is -1.36. The topological polar surface area (TPSA) is 116 Å². The molecule has 1 saturated heterocycles. The molecule has 0 aromatic heterocycles. The Morgan fingerprint density at radius 1 is 1.30 bits per heavy atom. The summed E-state index contributed by atoms with van der Waals surface area (Å²) in [6.07, 6.45) is 2.85. The van der Waals surface area contributed by atoms with Crippen LogP contribution in [-0.2, 0) is 14.8 Å². The molecule has 1 fully saturated rings. The lowest BCUT2D eigenvalue weighted by atomic mass is 10.1. The van der Waals surface area contributed by atoms with Crippen molar-refractivity contribution >= 4 is 22.0 Å². The molecule has 0 radical (unpaired) electrons. The number of carboxylic acids is 1. The number of rotatable bonds is 5. The third-order valence-electron chi connectivity index (χ3n) is 3.26. The summed E-state index contributed by atoms with van der Waals surface area (Å²) in [5, 5.41) is 11.6. The molecule has 0 aromatic carbocycles. The SMILES string of the molecule is CNS(=O)(=O)CCNC(=O)N1CCCCCC1C(=O)O. The predicted octanol–water partition coefficient (Wildman–Crippen LogP) is -0.426. The Bertz CT molecular complexity index is 451. The van der Waals surface area contributed by atoms with Crippen LogP contribution in [0, 0.1) is 0 Å². The largest absolute Gasteiger partial charge is 0.480 e. The third-order valence-corrected chi connectivity index (χ3v) is 4.62. The molecular weight excluding hydrogens is 286 g/mol. The van der Waals surface area contributed by atoms with E-state index in [1.807, 2.05) is 0 Å². The highest BCUT2D eigenvalue weighted by atomic mass is 32.2. The van der Waals surface area contributed by atoms with E-state index < -0.39 is 28.1 Å². The first-order valence-corrected chi connectivity index (χ1v) is 8.21. The van der Waals surface area contributed by atoms with Crippen molar-refractivity contribution in [1.82, 2.24) is 14.9 Å². The maximum absolute atomic E-state index is 12.0. The van der Waals surface area contributed by atoms with Gasteiger partial charge in [-0.25, -0.2) is 22.7 Å². The number of sulfonamides is 1. The minimum Gasteiger partial charge on any atom is -0.480 e. The number of carbonyl (C=O) groups is 2. The van der Waals surface area contributed by atoms with Gasteiger partial charge in [-0.05, 0) is 19.9 Å². The number of nitrogens with one attached hydrogen (secondary N) is 2. The summed E-state index contributed by atoms with van der Waals surface area (Å²) in [7, 11) is -2.08. The number of hydrogen-bond acceptors (Lipinski definition) is 4. The van der Waals surface area contributed by atoms with Gasteiger partial charge in [-0.3, -0.25) is 0 Å². The van der Waals surface area contributed by atoms with Crippen molar-refractivity contribution in [1.29, 1.82) is 0 Å². The molecule has 1 rings (SSSR count). The highest BCUT2D eigenvalue weighted by Crippen LogP contribution is 2.17. The van der Waals surface area contributed by atoms with Gasteiger partial charge in [-0.15, -0.1) is 0 Å². The second kappa shape index (κ2) is 7.44. The first-order valence-electron chi connectivity index (χ1n) is 6.56. The molecule has 1 heterocycles. The molecule has 1 aliphatic heterocycles. The standard InChI is InChI=1S/C11H21N3O5S/c1-12-20(18,19)8-6-13-11(17)14-7-4-2-3-5-9(14)10(15)16/h9,12H,2-8H2,1H3,(H,13,17)(H,15,16). The molecule has 2 amide bonds. The van der Waals surface area contributed by atoms with E-state index in [2.05, 4.69) is 10.0 Å². The summed E-state index contributed by atoms with van der Waals surface area (Å²) in [6.45, 7) is 0.326. The smallest absolute Gasteiger partial charge is 0.326 e. The van der Waals surface area contributed by atoms with Gasteiger partial charge in [0.25, 0.3) is 0 Å². The minimum absolute atomic E-state index is 0.0507. The number of nitrogens with zero attached hydrogens (tertiary/aromatic N) is 1. The van der Waals surface area contributed by atoms with Crippen LogP contribution in [0.3, 0.4) is 0 Å². The van der Waals surface area contributed by atoms with Gasteiger partial charge in [0, 0.05) is 13.1 Å². The molecule has 9 heteroatoms. The number of hydrogen-bond donors (Lipinski definition) is 3. The average Bonchev–Trinajstić information content (AvgIpc) is 2.64. The number of likely N-dealkylation sites (tertiary alicyclic amines) is 1. The quantitative estimate of drug-likeness (QED) is 0.637. The maximum atomic E-state index is 12.0. The molecule has 3 N–H and O–H groups in total. The van der Waals surface area contributed by atoms with Crippen LogP contribution in [0.4, 0.5) is 4.79 Å². The normalized spacial score (nSPS) is 20.2. The van der Waals surface area contributed by atoms with Crippen LogP contribution in [0.15, 0.2) is 0 Å². The fourth-order valence-corrected chi connectivity index (χ4v) is 2.68. The van der Waals surface area contributed by atoms with Crippen molar-refractivity contribution in [3.63, 3.8) is 0 Å². The second-order valence-electron chi connectivity index (χ2n) is 4.65. The minimum atomic E-state index is -3.38. The maximum Gasteiger partial charge on any atom is 0.326 e. The molecule has 1 atom stereocenters. The molecule has 8 nitrogen and oxygen atoms in total. The van der Waals surface area contributed by atoms with Gasteiger partial charge >= 0.3 is 12.0 Å². The first-order chi connectivity index (χ1) is 9.37. The van der Waals surface area contributed by atoms with Gasteiger partial charge in [-0.2, -0.15) is 0 Å². The van der Waals surface area contributed by atoms with Crippen molar-refractivity contribution in [3.8, 4) is 0 Å². The van der Waals surface area contributed by atoms with Gasteiger partial charge in [0.2, 0.25) is 10.0 Å². The Morgan fingerprint density at radius 3 is 2.60 bits per heavy atom. The van der Waals surface area contributed by atoms with Crippen LogP contribution in [-0.4, -0.2) is 62.4 Å². The Kier molecular flexibility index (Phi) is 6.21. The Labute approximate surface area is 118 Å². The average molecular weight is 307 g/mol. The Morgan fingerprint density at radius 2 is 2.00 bits per heavy atom. The van der Waals surface area contributed by atoms with E-state index >= 15 is 0 Å². The lowest BCUT2D eigenvalue weighted by Gasteiger charge is -2.27. The highest BCUT2D eigenvalue weighted by Gasteiger charge is 2.30. The lowest BCUT2D eigenvalue weighted by Crippen LogP contribution is -2.50. The van der Waals surface area contributed by atoms with Crippen molar-refractivity contribution in [3.05, 3.63) is 0 Å². The summed E-state index contributed by atoms with van der Waals surface area (Å²) >= 11 is 0. The number of aliphatic carboxylic acids is 1. The number of carboxylic acid groups (broad SMARTS) is 1. The van der Waals surface area contributed by atoms with Crippen molar-refractivity contribution < 1.29 is 23.1 Å². The molecule has 0 saturated carbocycles. The molecule has 20 heavy (non-hydrogen) atoms. The van der Waals surface area contributed by atoms with Crippen LogP contribution < -0.4 is 10.0 Å². The number of amides is 2. The van der Waals surface area contributed by atoms with Crippen molar-refractivity contribution in [2.24, 2.45) is 0 Å². The number of urea groups is 1. The van der Waals surface area contributed by atoms with Crippen LogP contribution in [0.2, 0.25) is 0 Å². The molecular formula is C11H21N3O5S. The molecule has 1 aliphatic rings. The highest BCUT2D eigenvalue weighted by molar-refractivity contribution is 7.89. The van der Waals surface area contributed by atoms with E-state index in [9.17, 15) is 18.0 Å². The van der Waals surface area contributed by atoms with Gasteiger partial charge in [0.15, 0.2) is 0 Å². The van der Waals surface area contributed by atoms with E-state index in [1.165, 1.54) is 11.9 Å². The zero-order chi connectivity index (χ0) is 15.2. The zero-order valence-corrected chi connectivity index (χ0v) is 12.3. The van der Waals surface area contributed by atoms with Crippen LogP contribution in [0.5, 0.6) is 0 Å². The molecule has 0 spiro atoms. The second-order valence-corrected chi connectivity index (χ2v) is 6.70. The number of carbonyl (C=O) groups excluding carboxylic acids is 1. The van der Waals surface area contributed by atoms with Gasteiger partial charge in [0.1, 0.15) is 6.04 Å². The summed E-state index contributed by atoms with van der Waals surface area (Å²) in [5.41, 5.74) is 0. The Balaban J connectivity index is 2.57. The summed E-state index contributed by atoms with van der Waals surface area (Å²) < 4.78 is 24.6. The van der Waals surface area contributed by atoms with Crippen LogP contribution in [0.1, 0.15) is 25.7 Å². The van der Waals surface area contributed by atoms with E-state index in [4.69, 9.17) is 5.11 Å². The molecule has 0 aromatic rings. The Hall–Kier alpha value is -1.35. The van der Waals surface area contributed by atoms with E-state index in [-0.39, 0.29) is 12.3 Å². The van der Waals surface area contributed by atoms with Gasteiger partial charge in [0.05, 0.1) is 5.75 Å². The van der Waals surface area contributed by atoms with Gasteiger partial charge < -0.3 is 15.3 Å². The first kappa shape index (κ1) is 16.7. The van der Waals surface area contributed by atoms with E-state index in [0.717, 1.165) is 19.3 Å².